The van der Waals surface area contributed by atoms with Gasteiger partial charge in [-0.3, -0.25) is 9.59 Å². The first-order valence-electron chi connectivity index (χ1n) is 11.8. The molecule has 1 aliphatic rings. The molecule has 186 valence electrons. The number of nitrogens with one attached hydrogen (secondary N) is 2. The zero-order chi connectivity index (χ0) is 25.6. The van der Waals surface area contributed by atoms with Crippen LogP contribution in [0.4, 0.5) is 0 Å². The highest BCUT2D eigenvalue weighted by Gasteiger charge is 2.51. The molecule has 0 spiro atoms. The van der Waals surface area contributed by atoms with Crippen LogP contribution in [-0.2, 0) is 11.3 Å². The summed E-state index contributed by atoms with van der Waals surface area (Å²) < 4.78 is 12.3. The van der Waals surface area contributed by atoms with Gasteiger partial charge < -0.3 is 24.1 Å². The summed E-state index contributed by atoms with van der Waals surface area (Å²) in [6.07, 6.45) is 2.60. The van der Waals surface area contributed by atoms with Crippen molar-refractivity contribution in [3.8, 4) is 17.2 Å². The molecule has 9 nitrogen and oxygen atoms in total. The molecule has 0 saturated heterocycles. The minimum absolute atomic E-state index is 0.183. The molecule has 6 rings (SSSR count). The minimum Gasteiger partial charge on any atom is -0.459 e. The molecule has 3 heterocycles. The Morgan fingerprint density at radius 3 is 2.54 bits per heavy atom. The number of aromatic nitrogens is 3. The Balaban J connectivity index is 1.21. The van der Waals surface area contributed by atoms with Crippen molar-refractivity contribution in [1.29, 1.82) is 0 Å². The number of furan rings is 1. The fourth-order valence-electron chi connectivity index (χ4n) is 4.40. The Kier molecular flexibility index (Phi) is 5.57. The van der Waals surface area contributed by atoms with Crippen LogP contribution >= 0.6 is 11.6 Å². The molecule has 0 aliphatic heterocycles. The summed E-state index contributed by atoms with van der Waals surface area (Å²) in [5.41, 5.74) is 2.44. The van der Waals surface area contributed by atoms with Crippen LogP contribution in [0.2, 0.25) is 5.02 Å². The van der Waals surface area contributed by atoms with Crippen molar-refractivity contribution >= 4 is 34.3 Å². The molecule has 0 unspecified atom stereocenters. The summed E-state index contributed by atoms with van der Waals surface area (Å²) in [4.78, 5) is 29.6. The molecule has 2 aromatic carbocycles. The third kappa shape index (κ3) is 4.17. The van der Waals surface area contributed by atoms with E-state index in [9.17, 15) is 9.59 Å². The molecule has 2 N–H and O–H groups in total. The zero-order valence-corrected chi connectivity index (χ0v) is 20.6. The average molecular weight is 516 g/mol. The maximum atomic E-state index is 12.8. The van der Waals surface area contributed by atoms with Crippen molar-refractivity contribution in [2.24, 2.45) is 0 Å². The number of para-hydroxylation sites is 1. The summed E-state index contributed by atoms with van der Waals surface area (Å²) in [7, 11) is 0. The molecular formula is C27H22ClN5O4. The highest BCUT2D eigenvalue weighted by molar-refractivity contribution is 6.38. The van der Waals surface area contributed by atoms with Gasteiger partial charge in [-0.15, -0.1) is 0 Å². The molecule has 5 aromatic rings. The number of aryl methyl sites for hydroxylation is 1. The maximum Gasteiger partial charge on any atom is 0.287 e. The monoisotopic (exact) mass is 515 g/mol. The van der Waals surface area contributed by atoms with E-state index in [-0.39, 0.29) is 11.7 Å². The van der Waals surface area contributed by atoms with Gasteiger partial charge in [0.05, 0.1) is 16.8 Å². The van der Waals surface area contributed by atoms with Crippen LogP contribution in [-0.4, -0.2) is 32.1 Å². The second-order valence-corrected chi connectivity index (χ2v) is 9.39. The van der Waals surface area contributed by atoms with Crippen LogP contribution in [0, 0.1) is 6.92 Å². The second-order valence-electron chi connectivity index (χ2n) is 9.01. The highest BCUT2D eigenvalue weighted by Crippen LogP contribution is 2.39. The zero-order valence-electron chi connectivity index (χ0n) is 19.8. The first-order valence-corrected chi connectivity index (χ1v) is 12.2. The lowest BCUT2D eigenvalue weighted by molar-refractivity contribution is -0.124. The maximum absolute atomic E-state index is 12.8. The molecule has 0 radical (unpaired) electrons. The molecule has 1 aliphatic carbocycles. The normalized spacial score (nSPS) is 14.0. The molecule has 0 atom stereocenters. The summed E-state index contributed by atoms with van der Waals surface area (Å²) >= 11 is 6.76. The third-order valence-electron chi connectivity index (χ3n) is 6.48. The number of amides is 2. The molecule has 37 heavy (non-hydrogen) atoms. The van der Waals surface area contributed by atoms with E-state index in [0.717, 1.165) is 22.2 Å². The van der Waals surface area contributed by atoms with Crippen LogP contribution in [0.3, 0.4) is 0 Å². The summed E-state index contributed by atoms with van der Waals surface area (Å²) in [6, 6.07) is 18.8. The molecule has 3 aromatic heterocycles. The van der Waals surface area contributed by atoms with Gasteiger partial charge in [0.1, 0.15) is 11.2 Å². The van der Waals surface area contributed by atoms with E-state index in [2.05, 4.69) is 20.8 Å². The Hall–Kier alpha value is -4.37. The Morgan fingerprint density at radius 2 is 1.86 bits per heavy atom. The van der Waals surface area contributed by atoms with Crippen molar-refractivity contribution in [2.75, 3.05) is 0 Å². The predicted molar refractivity (Wildman–Crippen MR) is 136 cm³/mol. The van der Waals surface area contributed by atoms with E-state index in [1.54, 1.807) is 19.1 Å². The van der Waals surface area contributed by atoms with Crippen LogP contribution in [0.25, 0.3) is 28.1 Å². The molecular weight excluding hydrogens is 494 g/mol. The molecule has 0 bridgehead atoms. The fraction of sp³-hybridized carbons (Fsp3) is 0.185. The second kappa shape index (κ2) is 8.94. The Bertz CT molecular complexity index is 1610. The highest BCUT2D eigenvalue weighted by atomic mass is 35.5. The van der Waals surface area contributed by atoms with Gasteiger partial charge in [-0.25, -0.2) is 0 Å². The van der Waals surface area contributed by atoms with Gasteiger partial charge in [0.25, 0.3) is 5.91 Å². The summed E-state index contributed by atoms with van der Waals surface area (Å²) in [5, 5.41) is 11.2. The lowest BCUT2D eigenvalue weighted by atomic mass is 10.1. The number of nitrogens with zero attached hydrogens (tertiary/aromatic N) is 3. The fourth-order valence-corrected chi connectivity index (χ4v) is 4.73. The van der Waals surface area contributed by atoms with E-state index in [1.807, 2.05) is 53.1 Å². The number of fused-ring (bicyclic) bond motifs is 1. The minimum atomic E-state index is -0.887. The van der Waals surface area contributed by atoms with Gasteiger partial charge >= 0.3 is 0 Å². The largest absolute Gasteiger partial charge is 0.459 e. The Labute approximate surface area is 216 Å². The van der Waals surface area contributed by atoms with Crippen LogP contribution in [0.5, 0.6) is 0 Å². The molecule has 1 fully saturated rings. The summed E-state index contributed by atoms with van der Waals surface area (Å²) in [6.45, 7) is 2.05. The van der Waals surface area contributed by atoms with Crippen molar-refractivity contribution < 1.29 is 18.5 Å². The van der Waals surface area contributed by atoms with Gasteiger partial charge in [-0.1, -0.05) is 47.1 Å². The molecule has 2 amide bonds. The predicted octanol–water partition coefficient (Wildman–Crippen LogP) is 4.81. The number of benzene rings is 2. The number of halogens is 1. The van der Waals surface area contributed by atoms with Crippen molar-refractivity contribution in [3.05, 3.63) is 89.2 Å². The quantitative estimate of drug-likeness (QED) is 0.321. The SMILES string of the molecule is Cc1nc(-c2c(Cl)c3ccccc3n2-c2ccc(CNC(=O)C3(NC(=O)c4ccco4)CC3)cc2)no1. The van der Waals surface area contributed by atoms with Crippen molar-refractivity contribution in [2.45, 2.75) is 31.8 Å². The van der Waals surface area contributed by atoms with Crippen LogP contribution in [0.1, 0.15) is 34.9 Å². The van der Waals surface area contributed by atoms with Gasteiger partial charge in [-0.05, 0) is 48.7 Å². The van der Waals surface area contributed by atoms with Crippen molar-refractivity contribution in [3.63, 3.8) is 0 Å². The van der Waals surface area contributed by atoms with Gasteiger partial charge in [0, 0.05) is 24.5 Å². The van der Waals surface area contributed by atoms with Crippen LogP contribution < -0.4 is 10.6 Å². The average Bonchev–Trinajstić information content (AvgIpc) is 3.25. The van der Waals surface area contributed by atoms with Gasteiger partial charge in [0.2, 0.25) is 17.6 Å². The van der Waals surface area contributed by atoms with Crippen molar-refractivity contribution in [1.82, 2.24) is 25.3 Å². The third-order valence-corrected chi connectivity index (χ3v) is 6.86. The standard InChI is InChI=1S/C27H22ClN5O4/c1-16-30-24(32-37-16)23-22(28)19-5-2-3-6-20(19)33(23)18-10-8-17(9-11-18)15-29-26(35)27(12-13-27)31-25(34)21-7-4-14-36-21/h2-11,14H,12-13,15H2,1H3,(H,29,35)(H,31,34). The topological polar surface area (TPSA) is 115 Å². The molecule has 10 heteroatoms. The van der Waals surface area contributed by atoms with Gasteiger partial charge in [-0.2, -0.15) is 4.98 Å². The molecule has 1 saturated carbocycles. The lowest BCUT2D eigenvalue weighted by Crippen LogP contribution is -2.48. The van der Waals surface area contributed by atoms with E-state index in [1.165, 1.54) is 6.26 Å². The van der Waals surface area contributed by atoms with E-state index < -0.39 is 11.4 Å². The first kappa shape index (κ1) is 23.1. The number of rotatable bonds is 7. The summed E-state index contributed by atoms with van der Waals surface area (Å²) in [5.74, 6) is 0.424. The first-order chi connectivity index (χ1) is 17.9. The number of hydrogen-bond acceptors (Lipinski definition) is 6. The lowest BCUT2D eigenvalue weighted by Gasteiger charge is -2.17. The Morgan fingerprint density at radius 1 is 1.08 bits per heavy atom. The number of hydrogen-bond donors (Lipinski definition) is 2. The smallest absolute Gasteiger partial charge is 0.287 e. The van der Waals surface area contributed by atoms with Gasteiger partial charge in [0.15, 0.2) is 5.76 Å². The van der Waals surface area contributed by atoms with E-state index >= 15 is 0 Å². The van der Waals surface area contributed by atoms with E-state index in [0.29, 0.717) is 41.8 Å². The van der Waals surface area contributed by atoms with Crippen LogP contribution in [0.15, 0.2) is 75.9 Å². The van der Waals surface area contributed by atoms with E-state index in [4.69, 9.17) is 20.5 Å². The number of carbonyl (C=O) groups is 2. The number of carbonyl (C=O) groups excluding carboxylic acids is 2.